The molecule has 0 spiro atoms. The fourth-order valence-corrected chi connectivity index (χ4v) is 3.39. The second kappa shape index (κ2) is 7.10. The van der Waals surface area contributed by atoms with Gasteiger partial charge in [0.1, 0.15) is 12.1 Å². The predicted molar refractivity (Wildman–Crippen MR) is 111 cm³/mol. The molecule has 3 heterocycles. The van der Waals surface area contributed by atoms with Gasteiger partial charge in [-0.05, 0) is 35.9 Å². The Morgan fingerprint density at radius 2 is 1.79 bits per heavy atom. The van der Waals surface area contributed by atoms with Crippen LogP contribution in [0.2, 0.25) is 5.02 Å². The van der Waals surface area contributed by atoms with Crippen molar-refractivity contribution in [2.75, 3.05) is 19.2 Å². The van der Waals surface area contributed by atoms with E-state index in [1.165, 1.54) is 0 Å². The molecule has 1 aliphatic heterocycles. The summed E-state index contributed by atoms with van der Waals surface area (Å²) in [4.78, 5) is 13.7. The Kier molecular flexibility index (Phi) is 4.29. The topological polar surface area (TPSA) is 74.1 Å². The summed E-state index contributed by atoms with van der Waals surface area (Å²) in [6.07, 6.45) is 5.16. The van der Waals surface area contributed by atoms with Crippen LogP contribution >= 0.6 is 11.6 Å². The number of ether oxygens (including phenoxy) is 2. The smallest absolute Gasteiger partial charge is 0.237 e. The normalized spacial score (nSPS) is 12.2. The van der Waals surface area contributed by atoms with Crippen molar-refractivity contribution in [2.45, 2.75) is 0 Å². The minimum atomic E-state index is 0.217. The van der Waals surface area contributed by atoms with E-state index in [2.05, 4.69) is 10.3 Å². The second-order valence-electron chi connectivity index (χ2n) is 6.39. The summed E-state index contributed by atoms with van der Waals surface area (Å²) < 4.78 is 12.8. The van der Waals surface area contributed by atoms with Crippen LogP contribution in [-0.4, -0.2) is 33.4 Å². The summed E-state index contributed by atoms with van der Waals surface area (Å²) in [5, 5.41) is 3.87. The number of nitrogens with one attached hydrogen (secondary N) is 1. The first-order valence-corrected chi connectivity index (χ1v) is 9.35. The van der Waals surface area contributed by atoms with Gasteiger partial charge in [-0.3, -0.25) is 4.57 Å². The van der Waals surface area contributed by atoms with E-state index >= 15 is 0 Å². The molecule has 0 unspecified atom stereocenters. The molecule has 0 saturated heterocycles. The number of halogens is 1. The minimum absolute atomic E-state index is 0.217. The highest BCUT2D eigenvalue weighted by Crippen LogP contribution is 2.41. The van der Waals surface area contributed by atoms with E-state index in [9.17, 15) is 0 Å². The first-order valence-electron chi connectivity index (χ1n) is 8.97. The Hall–Kier alpha value is -3.58. The molecule has 0 fully saturated rings. The molecule has 0 aliphatic carbocycles. The molecule has 0 radical (unpaired) electrons. The van der Waals surface area contributed by atoms with Gasteiger partial charge in [-0.2, -0.15) is 4.98 Å². The van der Waals surface area contributed by atoms with Crippen molar-refractivity contribution in [2.24, 2.45) is 0 Å². The fraction of sp³-hybridized carbons (Fsp3) is 0.0952. The van der Waals surface area contributed by atoms with E-state index < -0.39 is 0 Å². The number of aromatic nitrogens is 4. The lowest BCUT2D eigenvalue weighted by Crippen LogP contribution is -2.07. The molecule has 144 valence electrons. The number of nitrogens with zero attached hydrogens (tertiary/aromatic N) is 4. The minimum Gasteiger partial charge on any atom is -0.454 e. The maximum atomic E-state index is 6.10. The van der Waals surface area contributed by atoms with Gasteiger partial charge in [0, 0.05) is 30.0 Å². The van der Waals surface area contributed by atoms with Crippen molar-refractivity contribution in [1.29, 1.82) is 0 Å². The molecule has 0 saturated carbocycles. The monoisotopic (exact) mass is 405 g/mol. The molecule has 1 N–H and O–H groups in total. The zero-order chi connectivity index (χ0) is 19.8. The lowest BCUT2D eigenvalue weighted by atomic mass is 9.99. The molecular formula is C21H16ClN5O2. The first kappa shape index (κ1) is 17.5. The Bertz CT molecular complexity index is 1180. The number of hydrogen-bond donors (Lipinski definition) is 1. The zero-order valence-electron chi connectivity index (χ0n) is 15.5. The van der Waals surface area contributed by atoms with Crippen molar-refractivity contribution in [3.63, 3.8) is 0 Å². The van der Waals surface area contributed by atoms with Gasteiger partial charge in [0.25, 0.3) is 0 Å². The van der Waals surface area contributed by atoms with Gasteiger partial charge in [0.15, 0.2) is 11.5 Å². The average Bonchev–Trinajstić information content (AvgIpc) is 3.45. The number of imidazole rings is 1. The maximum absolute atomic E-state index is 6.10. The van der Waals surface area contributed by atoms with Gasteiger partial charge in [0.2, 0.25) is 12.7 Å². The standard InChI is InChI=1S/C21H16ClN5O2/c1-23-20-18(13-2-5-15(22)6-3-13)19(25-21(26-20)27-9-8-24-11-27)14-4-7-16-17(10-14)29-12-28-16/h2-11H,12H2,1H3,(H,23,25,26). The van der Waals surface area contributed by atoms with Crippen LogP contribution in [0.25, 0.3) is 28.3 Å². The highest BCUT2D eigenvalue weighted by atomic mass is 35.5. The van der Waals surface area contributed by atoms with Gasteiger partial charge in [0.05, 0.1) is 11.3 Å². The molecule has 7 nitrogen and oxygen atoms in total. The van der Waals surface area contributed by atoms with E-state index in [-0.39, 0.29) is 6.79 Å². The molecule has 4 aromatic rings. The highest BCUT2D eigenvalue weighted by Gasteiger charge is 2.21. The summed E-state index contributed by atoms with van der Waals surface area (Å²) in [7, 11) is 1.84. The molecule has 8 heteroatoms. The largest absolute Gasteiger partial charge is 0.454 e. The second-order valence-corrected chi connectivity index (χ2v) is 6.83. The Balaban J connectivity index is 1.77. The van der Waals surface area contributed by atoms with Crippen molar-refractivity contribution < 1.29 is 9.47 Å². The number of anilines is 1. The maximum Gasteiger partial charge on any atom is 0.237 e. The lowest BCUT2D eigenvalue weighted by Gasteiger charge is -2.16. The molecule has 2 aromatic heterocycles. The third-order valence-corrected chi connectivity index (χ3v) is 4.90. The van der Waals surface area contributed by atoms with Crippen LogP contribution in [0.15, 0.2) is 61.2 Å². The molecule has 2 aromatic carbocycles. The molecule has 0 amide bonds. The number of benzene rings is 2. The Morgan fingerprint density at radius 3 is 2.55 bits per heavy atom. The quantitative estimate of drug-likeness (QED) is 0.541. The van der Waals surface area contributed by atoms with Crippen molar-refractivity contribution >= 4 is 17.4 Å². The molecule has 0 atom stereocenters. The van der Waals surface area contributed by atoms with Crippen LogP contribution < -0.4 is 14.8 Å². The van der Waals surface area contributed by atoms with E-state index in [1.807, 2.05) is 49.5 Å². The summed E-state index contributed by atoms with van der Waals surface area (Å²) in [6, 6.07) is 13.4. The number of hydrogen-bond acceptors (Lipinski definition) is 6. The van der Waals surface area contributed by atoms with Crippen LogP contribution in [0.3, 0.4) is 0 Å². The molecule has 0 bridgehead atoms. The van der Waals surface area contributed by atoms with Gasteiger partial charge in [-0.15, -0.1) is 0 Å². The molecule has 29 heavy (non-hydrogen) atoms. The molecule has 5 rings (SSSR count). The zero-order valence-corrected chi connectivity index (χ0v) is 16.2. The van der Waals surface area contributed by atoms with Crippen LogP contribution in [0.1, 0.15) is 0 Å². The Labute approximate surface area is 171 Å². The average molecular weight is 406 g/mol. The molecular weight excluding hydrogens is 390 g/mol. The van der Waals surface area contributed by atoms with E-state index in [0.717, 1.165) is 28.1 Å². The van der Waals surface area contributed by atoms with E-state index in [4.69, 9.17) is 31.0 Å². The van der Waals surface area contributed by atoms with Crippen LogP contribution in [0.5, 0.6) is 11.5 Å². The van der Waals surface area contributed by atoms with Gasteiger partial charge in [-0.1, -0.05) is 23.7 Å². The third kappa shape index (κ3) is 3.15. The first-order chi connectivity index (χ1) is 14.2. The van der Waals surface area contributed by atoms with Gasteiger partial charge < -0.3 is 14.8 Å². The van der Waals surface area contributed by atoms with Crippen molar-refractivity contribution in [3.8, 4) is 39.8 Å². The van der Waals surface area contributed by atoms with Crippen molar-refractivity contribution in [1.82, 2.24) is 19.5 Å². The van der Waals surface area contributed by atoms with Gasteiger partial charge in [-0.25, -0.2) is 9.97 Å². The third-order valence-electron chi connectivity index (χ3n) is 4.65. The Morgan fingerprint density at radius 1 is 1.00 bits per heavy atom. The lowest BCUT2D eigenvalue weighted by molar-refractivity contribution is 0.174. The summed E-state index contributed by atoms with van der Waals surface area (Å²) in [5.74, 6) is 2.62. The molecule has 1 aliphatic rings. The summed E-state index contributed by atoms with van der Waals surface area (Å²) in [5.41, 5.74) is 3.46. The number of rotatable bonds is 4. The van der Waals surface area contributed by atoms with Crippen LogP contribution in [0.4, 0.5) is 5.82 Å². The predicted octanol–water partition coefficient (Wildman–Crippen LogP) is 4.42. The SMILES string of the molecule is CNc1nc(-n2ccnc2)nc(-c2ccc3c(c2)OCO3)c1-c1ccc(Cl)cc1. The van der Waals surface area contributed by atoms with Crippen molar-refractivity contribution in [3.05, 3.63) is 66.2 Å². The number of fused-ring (bicyclic) bond motifs is 1. The summed E-state index contributed by atoms with van der Waals surface area (Å²) >= 11 is 6.10. The summed E-state index contributed by atoms with van der Waals surface area (Å²) in [6.45, 7) is 0.217. The van der Waals surface area contributed by atoms with Crippen LogP contribution in [-0.2, 0) is 0 Å². The van der Waals surface area contributed by atoms with E-state index in [0.29, 0.717) is 22.5 Å². The van der Waals surface area contributed by atoms with Gasteiger partial charge >= 0.3 is 0 Å². The highest BCUT2D eigenvalue weighted by molar-refractivity contribution is 6.30. The van der Waals surface area contributed by atoms with E-state index in [1.54, 1.807) is 23.3 Å². The fourth-order valence-electron chi connectivity index (χ4n) is 3.27. The van der Waals surface area contributed by atoms with Crippen LogP contribution in [0, 0.1) is 0 Å².